The topological polar surface area (TPSA) is 135 Å². The lowest BCUT2D eigenvalue weighted by molar-refractivity contribution is -0.384. The Morgan fingerprint density at radius 2 is 1.86 bits per heavy atom. The third-order valence-corrected chi connectivity index (χ3v) is 3.81. The van der Waals surface area contributed by atoms with Gasteiger partial charge in [-0.3, -0.25) is 10.1 Å². The number of benzene rings is 1. The Morgan fingerprint density at radius 1 is 1.18 bits per heavy atom. The molecule has 1 aliphatic heterocycles. The fraction of sp³-hybridized carbons (Fsp3) is 0.353. The van der Waals surface area contributed by atoms with E-state index in [-0.39, 0.29) is 42.5 Å². The molecule has 0 aliphatic carbocycles. The number of carbonyl (C=O) groups is 3. The average Bonchev–Trinajstić information content (AvgIpc) is 2.71. The molecule has 1 aromatic carbocycles. The lowest BCUT2D eigenvalue weighted by Crippen LogP contribution is -2.39. The maximum absolute atomic E-state index is 12.3. The molecule has 0 saturated heterocycles. The van der Waals surface area contributed by atoms with Gasteiger partial charge in [0, 0.05) is 6.07 Å². The van der Waals surface area contributed by atoms with Gasteiger partial charge in [0.2, 0.25) is 0 Å². The molecule has 0 aromatic heterocycles. The molecule has 0 spiro atoms. The molecule has 1 aliphatic rings. The Morgan fingerprint density at radius 3 is 2.43 bits per heavy atom. The molecule has 150 valence electrons. The number of nitro benzene ring substituents is 1. The maximum atomic E-state index is 12.3. The van der Waals surface area contributed by atoms with E-state index in [0.717, 1.165) is 25.2 Å². The second-order valence-electron chi connectivity index (χ2n) is 5.40. The standard InChI is InChI=1S/C17H18N2O9/c1-4-28-15(20)10-5-6-12(13(7-10)19(23)24)18-9-27-8-11(16(21)25-2)14(18)17(22)26-3/h5-7H,4,8-9H2,1-3H3. The van der Waals surface area contributed by atoms with E-state index in [0.29, 0.717) is 0 Å². The summed E-state index contributed by atoms with van der Waals surface area (Å²) in [5, 5.41) is 11.6. The van der Waals surface area contributed by atoms with E-state index < -0.39 is 28.5 Å². The van der Waals surface area contributed by atoms with Gasteiger partial charge in [0.15, 0.2) is 0 Å². The summed E-state index contributed by atoms with van der Waals surface area (Å²) in [7, 11) is 2.23. The highest BCUT2D eigenvalue weighted by Gasteiger charge is 2.35. The van der Waals surface area contributed by atoms with Crippen LogP contribution in [0.4, 0.5) is 11.4 Å². The molecular weight excluding hydrogens is 376 g/mol. The van der Waals surface area contributed by atoms with Crippen molar-refractivity contribution in [3.8, 4) is 0 Å². The van der Waals surface area contributed by atoms with Crippen LogP contribution in [-0.2, 0) is 28.5 Å². The summed E-state index contributed by atoms with van der Waals surface area (Å²) >= 11 is 0. The summed E-state index contributed by atoms with van der Waals surface area (Å²) in [5.41, 5.74) is -0.981. The van der Waals surface area contributed by atoms with Crippen LogP contribution in [0.25, 0.3) is 0 Å². The summed E-state index contributed by atoms with van der Waals surface area (Å²) in [4.78, 5) is 48.2. The molecule has 0 bridgehead atoms. The van der Waals surface area contributed by atoms with Crippen molar-refractivity contribution in [3.63, 3.8) is 0 Å². The lowest BCUT2D eigenvalue weighted by Gasteiger charge is -2.30. The summed E-state index contributed by atoms with van der Waals surface area (Å²) in [6.07, 6.45) is 0. The smallest absolute Gasteiger partial charge is 0.355 e. The second-order valence-corrected chi connectivity index (χ2v) is 5.40. The van der Waals surface area contributed by atoms with Crippen LogP contribution in [0.2, 0.25) is 0 Å². The van der Waals surface area contributed by atoms with E-state index >= 15 is 0 Å². The number of methoxy groups -OCH3 is 2. The number of anilines is 1. The Balaban J connectivity index is 2.63. The molecule has 2 rings (SSSR count). The maximum Gasteiger partial charge on any atom is 0.355 e. The van der Waals surface area contributed by atoms with Crippen LogP contribution in [0.15, 0.2) is 29.5 Å². The number of nitrogens with zero attached hydrogens (tertiary/aromatic N) is 2. The highest BCUT2D eigenvalue weighted by atomic mass is 16.6. The number of ether oxygens (including phenoxy) is 4. The van der Waals surface area contributed by atoms with Gasteiger partial charge in [-0.15, -0.1) is 0 Å². The first-order valence-corrected chi connectivity index (χ1v) is 8.06. The first-order chi connectivity index (χ1) is 13.3. The Labute approximate surface area is 159 Å². The molecule has 11 nitrogen and oxygen atoms in total. The van der Waals surface area contributed by atoms with Crippen molar-refractivity contribution in [1.29, 1.82) is 0 Å². The third kappa shape index (κ3) is 4.09. The minimum Gasteiger partial charge on any atom is -0.466 e. The lowest BCUT2D eigenvalue weighted by atomic mass is 10.1. The quantitative estimate of drug-likeness (QED) is 0.299. The van der Waals surface area contributed by atoms with Gasteiger partial charge in [0.1, 0.15) is 18.1 Å². The SMILES string of the molecule is CCOC(=O)c1ccc(N2COCC(C(=O)OC)=C2C(=O)OC)c([N+](=O)[O-])c1. The van der Waals surface area contributed by atoms with Crippen molar-refractivity contribution < 1.29 is 38.3 Å². The molecule has 0 saturated carbocycles. The van der Waals surface area contributed by atoms with Crippen LogP contribution >= 0.6 is 0 Å². The van der Waals surface area contributed by atoms with Crippen molar-refractivity contribution in [2.24, 2.45) is 0 Å². The van der Waals surface area contributed by atoms with Gasteiger partial charge in [0.25, 0.3) is 5.69 Å². The minimum atomic E-state index is -0.896. The molecule has 0 amide bonds. The highest BCUT2D eigenvalue weighted by Crippen LogP contribution is 2.34. The van der Waals surface area contributed by atoms with Crippen molar-refractivity contribution >= 4 is 29.3 Å². The van der Waals surface area contributed by atoms with E-state index in [1.165, 1.54) is 12.1 Å². The van der Waals surface area contributed by atoms with E-state index in [1.54, 1.807) is 6.92 Å². The number of carbonyl (C=O) groups excluding carboxylic acids is 3. The predicted octanol–water partition coefficient (Wildman–Crippen LogP) is 1.17. The Kier molecular flexibility index (Phi) is 6.66. The number of esters is 3. The van der Waals surface area contributed by atoms with Crippen molar-refractivity contribution in [1.82, 2.24) is 0 Å². The van der Waals surface area contributed by atoms with E-state index in [4.69, 9.17) is 14.2 Å². The van der Waals surface area contributed by atoms with Gasteiger partial charge in [-0.05, 0) is 19.1 Å². The van der Waals surface area contributed by atoms with Gasteiger partial charge in [-0.25, -0.2) is 14.4 Å². The summed E-state index contributed by atoms with van der Waals surface area (Å²) in [6.45, 7) is 1.21. The van der Waals surface area contributed by atoms with Gasteiger partial charge in [-0.1, -0.05) is 0 Å². The van der Waals surface area contributed by atoms with Crippen LogP contribution < -0.4 is 4.90 Å². The van der Waals surface area contributed by atoms with E-state index in [1.807, 2.05) is 0 Å². The number of nitro groups is 1. The first kappa shape index (κ1) is 20.8. The minimum absolute atomic E-state index is 0.0352. The molecule has 0 N–H and O–H groups in total. The predicted molar refractivity (Wildman–Crippen MR) is 93.4 cm³/mol. The Bertz CT molecular complexity index is 847. The van der Waals surface area contributed by atoms with E-state index in [9.17, 15) is 24.5 Å². The fourth-order valence-electron chi connectivity index (χ4n) is 2.57. The molecule has 0 fully saturated rings. The molecular formula is C17H18N2O9. The molecule has 28 heavy (non-hydrogen) atoms. The molecule has 1 heterocycles. The number of hydrogen-bond donors (Lipinski definition) is 0. The molecule has 0 radical (unpaired) electrons. The first-order valence-electron chi connectivity index (χ1n) is 8.06. The number of hydrogen-bond acceptors (Lipinski definition) is 10. The average molecular weight is 394 g/mol. The van der Waals surface area contributed by atoms with Gasteiger partial charge < -0.3 is 23.8 Å². The Hall–Kier alpha value is -3.47. The van der Waals surface area contributed by atoms with Crippen LogP contribution in [0, 0.1) is 10.1 Å². The molecule has 0 unspecified atom stereocenters. The zero-order valence-electron chi connectivity index (χ0n) is 15.4. The highest BCUT2D eigenvalue weighted by molar-refractivity contribution is 6.04. The summed E-state index contributed by atoms with van der Waals surface area (Å²) in [6, 6.07) is 3.59. The van der Waals surface area contributed by atoms with Crippen LogP contribution in [0.3, 0.4) is 0 Å². The van der Waals surface area contributed by atoms with E-state index in [2.05, 4.69) is 4.74 Å². The zero-order chi connectivity index (χ0) is 20.8. The van der Waals surface area contributed by atoms with Crippen LogP contribution in [0.5, 0.6) is 0 Å². The largest absolute Gasteiger partial charge is 0.466 e. The third-order valence-electron chi connectivity index (χ3n) is 3.81. The monoisotopic (exact) mass is 394 g/mol. The van der Waals surface area contributed by atoms with Crippen molar-refractivity contribution in [2.75, 3.05) is 39.1 Å². The van der Waals surface area contributed by atoms with Gasteiger partial charge in [-0.2, -0.15) is 0 Å². The van der Waals surface area contributed by atoms with Gasteiger partial charge >= 0.3 is 17.9 Å². The van der Waals surface area contributed by atoms with Crippen molar-refractivity contribution in [2.45, 2.75) is 6.92 Å². The molecule has 1 aromatic rings. The number of rotatable bonds is 6. The fourth-order valence-corrected chi connectivity index (χ4v) is 2.57. The molecule has 0 atom stereocenters. The van der Waals surface area contributed by atoms with Gasteiger partial charge in [0.05, 0.1) is 43.5 Å². The van der Waals surface area contributed by atoms with Crippen LogP contribution in [-0.4, -0.2) is 57.0 Å². The summed E-state index contributed by atoms with van der Waals surface area (Å²) in [5.74, 6) is -2.46. The summed E-state index contributed by atoms with van der Waals surface area (Å²) < 4.78 is 19.5. The van der Waals surface area contributed by atoms with Crippen LogP contribution in [0.1, 0.15) is 17.3 Å². The normalized spacial score (nSPS) is 13.8. The van der Waals surface area contributed by atoms with Crippen molar-refractivity contribution in [3.05, 3.63) is 45.1 Å². The molecule has 11 heteroatoms. The second kappa shape index (κ2) is 8.95. The zero-order valence-corrected chi connectivity index (χ0v) is 15.4.